The molecule has 3 aromatic rings. The van der Waals surface area contributed by atoms with Crippen LogP contribution in [0.1, 0.15) is 43.9 Å². The second-order valence-electron chi connectivity index (χ2n) is 9.76. The van der Waals surface area contributed by atoms with Crippen LogP contribution in [0.3, 0.4) is 0 Å². The number of halogens is 1. The summed E-state index contributed by atoms with van der Waals surface area (Å²) in [5.74, 6) is -0.819. The van der Waals surface area contributed by atoms with Crippen LogP contribution in [0.25, 0.3) is 0 Å². The summed E-state index contributed by atoms with van der Waals surface area (Å²) in [6.07, 6.45) is 0.738. The van der Waals surface area contributed by atoms with Crippen LogP contribution < -0.4 is 9.62 Å². The van der Waals surface area contributed by atoms with E-state index in [1.165, 1.54) is 23.1 Å². The molecule has 0 fully saturated rings. The smallest absolute Gasteiger partial charge is 0.264 e. The van der Waals surface area contributed by atoms with Crippen molar-refractivity contribution in [2.75, 3.05) is 10.8 Å². The molecular weight excluding hydrogens is 534 g/mol. The Hall–Kier alpha value is -3.36. The average molecular weight is 570 g/mol. The third-order valence-corrected chi connectivity index (χ3v) is 8.85. The predicted molar refractivity (Wildman–Crippen MR) is 156 cm³/mol. The number of benzene rings is 3. The first-order valence-corrected chi connectivity index (χ1v) is 14.7. The molecule has 39 heavy (non-hydrogen) atoms. The quantitative estimate of drug-likeness (QED) is 0.331. The van der Waals surface area contributed by atoms with E-state index in [1.807, 2.05) is 52.0 Å². The predicted octanol–water partition coefficient (Wildman–Crippen LogP) is 5.48. The molecule has 7 nitrogen and oxygen atoms in total. The van der Waals surface area contributed by atoms with E-state index in [0.29, 0.717) is 5.02 Å². The summed E-state index contributed by atoms with van der Waals surface area (Å²) in [5.41, 5.74) is 2.89. The number of rotatable bonds is 11. The van der Waals surface area contributed by atoms with Crippen molar-refractivity contribution in [3.63, 3.8) is 0 Å². The molecule has 3 aromatic carbocycles. The summed E-state index contributed by atoms with van der Waals surface area (Å²) in [7, 11) is -4.13. The number of carbonyl (C=O) groups excluding carboxylic acids is 2. The van der Waals surface area contributed by atoms with Gasteiger partial charge in [0.05, 0.1) is 10.6 Å². The number of hydrogen-bond acceptors (Lipinski definition) is 4. The minimum Gasteiger partial charge on any atom is -0.352 e. The lowest BCUT2D eigenvalue weighted by Crippen LogP contribution is -2.52. The van der Waals surface area contributed by atoms with Gasteiger partial charge in [0.2, 0.25) is 11.8 Å². The van der Waals surface area contributed by atoms with Gasteiger partial charge in [0.1, 0.15) is 12.6 Å². The zero-order valence-corrected chi connectivity index (χ0v) is 24.6. The SMILES string of the molecule is CC[C@@H](C)NC(=O)[C@@H](C)N(Cc1cccc(C)c1)C(=O)CN(c1ccc(C)c(Cl)c1)S(=O)(=O)c1ccccc1. The Morgan fingerprint density at radius 3 is 2.26 bits per heavy atom. The molecule has 0 unspecified atom stereocenters. The largest absolute Gasteiger partial charge is 0.352 e. The molecular formula is C30H36ClN3O4S. The second-order valence-corrected chi connectivity index (χ2v) is 12.0. The number of anilines is 1. The van der Waals surface area contributed by atoms with E-state index in [0.717, 1.165) is 27.4 Å². The lowest BCUT2D eigenvalue weighted by molar-refractivity contribution is -0.139. The van der Waals surface area contributed by atoms with Crippen LogP contribution in [-0.2, 0) is 26.2 Å². The van der Waals surface area contributed by atoms with Gasteiger partial charge in [-0.2, -0.15) is 0 Å². The van der Waals surface area contributed by atoms with Crippen molar-refractivity contribution in [3.05, 3.63) is 94.5 Å². The Bertz CT molecular complexity index is 1410. The highest BCUT2D eigenvalue weighted by molar-refractivity contribution is 7.92. The molecule has 1 N–H and O–H groups in total. The standard InChI is InChI=1S/C30H36ClN3O4S/c1-6-23(4)32-30(36)24(5)33(19-25-12-10-11-21(2)17-25)29(35)20-34(26-16-15-22(3)28(31)18-26)39(37,38)27-13-8-7-9-14-27/h7-18,23-24H,6,19-20H2,1-5H3,(H,32,36)/t23-,24-/m1/s1. The van der Waals surface area contributed by atoms with Crippen molar-refractivity contribution in [1.29, 1.82) is 0 Å². The highest BCUT2D eigenvalue weighted by atomic mass is 35.5. The first-order chi connectivity index (χ1) is 18.4. The molecule has 2 amide bonds. The van der Waals surface area contributed by atoms with E-state index in [9.17, 15) is 18.0 Å². The van der Waals surface area contributed by atoms with Gasteiger partial charge in [-0.1, -0.05) is 72.6 Å². The maximum absolute atomic E-state index is 14.0. The Morgan fingerprint density at radius 1 is 0.949 bits per heavy atom. The van der Waals surface area contributed by atoms with Gasteiger partial charge >= 0.3 is 0 Å². The molecule has 0 spiro atoms. The molecule has 0 saturated carbocycles. The van der Waals surface area contributed by atoms with E-state index in [2.05, 4.69) is 5.32 Å². The molecule has 2 atom stereocenters. The molecule has 0 bridgehead atoms. The molecule has 0 saturated heterocycles. The van der Waals surface area contributed by atoms with Crippen molar-refractivity contribution >= 4 is 39.1 Å². The van der Waals surface area contributed by atoms with Crippen LogP contribution in [-0.4, -0.2) is 43.8 Å². The maximum Gasteiger partial charge on any atom is 0.264 e. The number of nitrogens with zero attached hydrogens (tertiary/aromatic N) is 2. The zero-order valence-electron chi connectivity index (χ0n) is 23.0. The fourth-order valence-electron chi connectivity index (χ4n) is 4.04. The lowest BCUT2D eigenvalue weighted by Gasteiger charge is -2.32. The van der Waals surface area contributed by atoms with Crippen LogP contribution >= 0.6 is 11.6 Å². The van der Waals surface area contributed by atoms with Crippen molar-refractivity contribution < 1.29 is 18.0 Å². The Morgan fingerprint density at radius 2 is 1.64 bits per heavy atom. The monoisotopic (exact) mass is 569 g/mol. The normalized spacial score (nSPS) is 12.9. The first kappa shape index (κ1) is 30.2. The van der Waals surface area contributed by atoms with E-state index >= 15 is 0 Å². The van der Waals surface area contributed by atoms with Crippen molar-refractivity contribution in [3.8, 4) is 0 Å². The van der Waals surface area contributed by atoms with Crippen molar-refractivity contribution in [1.82, 2.24) is 10.2 Å². The molecule has 9 heteroatoms. The molecule has 3 rings (SSSR count). The zero-order chi connectivity index (χ0) is 28.7. The number of sulfonamides is 1. The summed E-state index contributed by atoms with van der Waals surface area (Å²) in [6.45, 7) is 8.91. The third-order valence-electron chi connectivity index (χ3n) is 6.66. The number of nitrogens with one attached hydrogen (secondary N) is 1. The fourth-order valence-corrected chi connectivity index (χ4v) is 5.64. The number of amides is 2. The highest BCUT2D eigenvalue weighted by Crippen LogP contribution is 2.28. The molecule has 0 radical (unpaired) electrons. The van der Waals surface area contributed by atoms with E-state index in [4.69, 9.17) is 11.6 Å². The average Bonchev–Trinajstić information content (AvgIpc) is 2.91. The minimum absolute atomic E-state index is 0.0438. The molecule has 0 heterocycles. The highest BCUT2D eigenvalue weighted by Gasteiger charge is 2.33. The van der Waals surface area contributed by atoms with E-state index in [1.54, 1.807) is 37.3 Å². The minimum atomic E-state index is -4.13. The van der Waals surface area contributed by atoms with Gasteiger partial charge in [-0.15, -0.1) is 0 Å². The van der Waals surface area contributed by atoms with Gasteiger partial charge in [-0.3, -0.25) is 13.9 Å². The van der Waals surface area contributed by atoms with Crippen LogP contribution in [0, 0.1) is 13.8 Å². The van der Waals surface area contributed by atoms with Gasteiger partial charge in [-0.25, -0.2) is 8.42 Å². The summed E-state index contributed by atoms with van der Waals surface area (Å²) in [4.78, 5) is 28.5. The lowest BCUT2D eigenvalue weighted by atomic mass is 10.1. The number of aryl methyl sites for hydroxylation is 2. The summed E-state index contributed by atoms with van der Waals surface area (Å²) < 4.78 is 28.7. The Balaban J connectivity index is 2.04. The first-order valence-electron chi connectivity index (χ1n) is 12.9. The van der Waals surface area contributed by atoms with Crippen LogP contribution in [0.4, 0.5) is 5.69 Å². The molecule has 0 aliphatic carbocycles. The molecule has 0 aliphatic heterocycles. The Kier molecular flexibility index (Phi) is 10.2. The molecule has 0 aromatic heterocycles. The van der Waals surface area contributed by atoms with Crippen LogP contribution in [0.5, 0.6) is 0 Å². The second kappa shape index (κ2) is 13.1. The summed E-state index contributed by atoms with van der Waals surface area (Å²) in [5, 5.41) is 3.32. The van der Waals surface area contributed by atoms with Gasteiger partial charge in [0.15, 0.2) is 0 Å². The van der Waals surface area contributed by atoms with Crippen LogP contribution in [0.2, 0.25) is 5.02 Å². The summed E-state index contributed by atoms with van der Waals surface area (Å²) >= 11 is 6.36. The summed E-state index contributed by atoms with van der Waals surface area (Å²) in [6, 6.07) is 19.6. The van der Waals surface area contributed by atoms with Crippen molar-refractivity contribution in [2.24, 2.45) is 0 Å². The molecule has 0 aliphatic rings. The Labute approximate surface area is 236 Å². The van der Waals surface area contributed by atoms with E-state index in [-0.39, 0.29) is 29.1 Å². The number of carbonyl (C=O) groups is 2. The van der Waals surface area contributed by atoms with Crippen LogP contribution in [0.15, 0.2) is 77.7 Å². The van der Waals surface area contributed by atoms with E-state index < -0.39 is 28.5 Å². The third kappa shape index (κ3) is 7.61. The fraction of sp³-hybridized carbons (Fsp3) is 0.333. The number of hydrogen-bond donors (Lipinski definition) is 1. The van der Waals surface area contributed by atoms with Crippen molar-refractivity contribution in [2.45, 2.75) is 64.6 Å². The molecule has 208 valence electrons. The van der Waals surface area contributed by atoms with Gasteiger partial charge in [0.25, 0.3) is 10.0 Å². The van der Waals surface area contributed by atoms with Gasteiger partial charge < -0.3 is 10.2 Å². The topological polar surface area (TPSA) is 86.8 Å². The maximum atomic E-state index is 14.0. The van der Waals surface area contributed by atoms with Gasteiger partial charge in [-0.05, 0) is 69.5 Å². The van der Waals surface area contributed by atoms with Gasteiger partial charge in [0, 0.05) is 17.6 Å².